The summed E-state index contributed by atoms with van der Waals surface area (Å²) in [6.07, 6.45) is 9.26. The van der Waals surface area contributed by atoms with Crippen LogP contribution in [0.5, 0.6) is 0 Å². The molecule has 1 nitrogen and oxygen atoms in total. The molecule has 1 rings (SSSR count). The molecule has 12 heavy (non-hydrogen) atoms. The molecular weight excluding hydrogens is 148 g/mol. The Kier molecular flexibility index (Phi) is 3.51. The zero-order valence-electron chi connectivity index (χ0n) is 8.05. The molecule has 0 aromatic carbocycles. The molecule has 1 fully saturated rings. The molecule has 1 aliphatic rings. The van der Waals surface area contributed by atoms with Crippen molar-refractivity contribution in [3.63, 3.8) is 0 Å². The van der Waals surface area contributed by atoms with Crippen LogP contribution in [0.4, 0.5) is 0 Å². The highest BCUT2D eigenvalue weighted by atomic mass is 16.1. The molecule has 0 radical (unpaired) electrons. The Balaban J connectivity index is 2.10. The molecule has 0 heterocycles. The highest BCUT2D eigenvalue weighted by Gasteiger charge is 2.38. The van der Waals surface area contributed by atoms with Gasteiger partial charge >= 0.3 is 0 Å². The summed E-state index contributed by atoms with van der Waals surface area (Å²) in [5.74, 6) is 1.31. The monoisotopic (exact) mass is 166 g/mol. The Morgan fingerprint density at radius 3 is 2.83 bits per heavy atom. The van der Waals surface area contributed by atoms with Crippen LogP contribution in [0, 0.1) is 11.8 Å². The van der Waals surface area contributed by atoms with Gasteiger partial charge in [-0.3, -0.25) is 4.79 Å². The second kappa shape index (κ2) is 4.44. The normalized spacial score (nSPS) is 27.8. The SMILES string of the molecule is CCCC/C=C\[C@@H]1C[C@@H]1C(C)=O. The maximum atomic E-state index is 10.9. The molecule has 0 saturated heterocycles. The first kappa shape index (κ1) is 9.50. The first-order chi connectivity index (χ1) is 5.75. The van der Waals surface area contributed by atoms with Crippen LogP contribution in [0.3, 0.4) is 0 Å². The fourth-order valence-electron chi connectivity index (χ4n) is 1.49. The minimum Gasteiger partial charge on any atom is -0.300 e. The topological polar surface area (TPSA) is 17.1 Å². The van der Waals surface area contributed by atoms with E-state index in [-0.39, 0.29) is 0 Å². The first-order valence-electron chi connectivity index (χ1n) is 4.92. The van der Waals surface area contributed by atoms with E-state index in [1.165, 1.54) is 19.3 Å². The van der Waals surface area contributed by atoms with Crippen molar-refractivity contribution < 1.29 is 4.79 Å². The Labute approximate surface area is 74.9 Å². The van der Waals surface area contributed by atoms with Gasteiger partial charge in [0.2, 0.25) is 0 Å². The minimum atomic E-state index is 0.361. The Morgan fingerprint density at radius 1 is 1.58 bits per heavy atom. The lowest BCUT2D eigenvalue weighted by Gasteiger charge is -1.89. The van der Waals surface area contributed by atoms with Crippen molar-refractivity contribution in [2.24, 2.45) is 11.8 Å². The largest absolute Gasteiger partial charge is 0.300 e. The maximum absolute atomic E-state index is 10.9. The molecule has 0 N–H and O–H groups in total. The minimum absolute atomic E-state index is 0.361. The molecule has 68 valence electrons. The van der Waals surface area contributed by atoms with Crippen LogP contribution in [0.15, 0.2) is 12.2 Å². The van der Waals surface area contributed by atoms with Crippen LogP contribution in [-0.2, 0) is 4.79 Å². The summed E-state index contributed by atoms with van der Waals surface area (Å²) < 4.78 is 0. The number of Topliss-reactive ketones (excluding diaryl/α,β-unsaturated/α-hetero) is 1. The predicted octanol–water partition coefficient (Wildman–Crippen LogP) is 2.96. The molecule has 0 bridgehead atoms. The van der Waals surface area contributed by atoms with Gasteiger partial charge in [0.1, 0.15) is 5.78 Å². The summed E-state index contributed by atoms with van der Waals surface area (Å²) >= 11 is 0. The van der Waals surface area contributed by atoms with Crippen LogP contribution in [0.1, 0.15) is 39.5 Å². The number of allylic oxidation sites excluding steroid dienone is 2. The molecule has 0 aromatic rings. The van der Waals surface area contributed by atoms with E-state index >= 15 is 0 Å². The number of ketones is 1. The van der Waals surface area contributed by atoms with Crippen LogP contribution in [0.2, 0.25) is 0 Å². The summed E-state index contributed by atoms with van der Waals surface area (Å²) in [6.45, 7) is 3.90. The van der Waals surface area contributed by atoms with Crippen molar-refractivity contribution in [2.75, 3.05) is 0 Å². The standard InChI is InChI=1S/C11H18O/c1-3-4-5-6-7-10-8-11(10)9(2)12/h6-7,10-11H,3-5,8H2,1-2H3/b7-6-/t10-,11-/m1/s1. The maximum Gasteiger partial charge on any atom is 0.133 e. The van der Waals surface area contributed by atoms with Crippen LogP contribution >= 0.6 is 0 Å². The van der Waals surface area contributed by atoms with Crippen molar-refractivity contribution >= 4 is 5.78 Å². The number of hydrogen-bond donors (Lipinski definition) is 0. The zero-order chi connectivity index (χ0) is 8.97. The van der Waals surface area contributed by atoms with Crippen LogP contribution in [-0.4, -0.2) is 5.78 Å². The Hall–Kier alpha value is -0.590. The van der Waals surface area contributed by atoms with Crippen molar-refractivity contribution in [3.05, 3.63) is 12.2 Å². The lowest BCUT2D eigenvalue weighted by atomic mass is 10.2. The number of rotatable bonds is 5. The number of unbranched alkanes of at least 4 members (excludes halogenated alkanes) is 2. The van der Waals surface area contributed by atoms with Gasteiger partial charge in [-0.15, -0.1) is 0 Å². The molecule has 1 heteroatoms. The van der Waals surface area contributed by atoms with Gasteiger partial charge < -0.3 is 0 Å². The van der Waals surface area contributed by atoms with Gasteiger partial charge in [0, 0.05) is 5.92 Å². The first-order valence-corrected chi connectivity index (χ1v) is 4.92. The van der Waals surface area contributed by atoms with Crippen LogP contribution in [0.25, 0.3) is 0 Å². The number of hydrogen-bond acceptors (Lipinski definition) is 1. The lowest BCUT2D eigenvalue weighted by Crippen LogP contribution is -1.93. The van der Waals surface area contributed by atoms with Gasteiger partial charge in [-0.25, -0.2) is 0 Å². The predicted molar refractivity (Wildman–Crippen MR) is 50.9 cm³/mol. The third-order valence-corrected chi connectivity index (χ3v) is 2.47. The average Bonchev–Trinajstić information content (AvgIpc) is 2.77. The molecule has 1 saturated carbocycles. The molecule has 0 spiro atoms. The second-order valence-corrected chi connectivity index (χ2v) is 3.69. The van der Waals surface area contributed by atoms with Gasteiger partial charge in [0.15, 0.2) is 0 Å². The molecule has 2 atom stereocenters. The quantitative estimate of drug-likeness (QED) is 0.453. The molecular formula is C11H18O. The molecule has 0 aromatic heterocycles. The highest BCUT2D eigenvalue weighted by Crippen LogP contribution is 2.40. The molecule has 0 amide bonds. The average molecular weight is 166 g/mol. The van der Waals surface area contributed by atoms with Gasteiger partial charge in [0.25, 0.3) is 0 Å². The van der Waals surface area contributed by atoms with Crippen LogP contribution < -0.4 is 0 Å². The summed E-state index contributed by atoms with van der Waals surface area (Å²) in [4.78, 5) is 10.9. The van der Waals surface area contributed by atoms with E-state index in [0.29, 0.717) is 17.6 Å². The van der Waals surface area contributed by atoms with E-state index in [1.54, 1.807) is 6.92 Å². The number of carbonyl (C=O) groups is 1. The molecule has 1 aliphatic carbocycles. The van der Waals surface area contributed by atoms with E-state index < -0.39 is 0 Å². The number of carbonyl (C=O) groups excluding carboxylic acids is 1. The Morgan fingerprint density at radius 2 is 2.33 bits per heavy atom. The van der Waals surface area contributed by atoms with Crippen molar-refractivity contribution in [1.29, 1.82) is 0 Å². The highest BCUT2D eigenvalue weighted by molar-refractivity contribution is 5.81. The van der Waals surface area contributed by atoms with E-state index in [0.717, 1.165) is 6.42 Å². The Bertz CT molecular complexity index is 181. The van der Waals surface area contributed by atoms with Crippen molar-refractivity contribution in [3.8, 4) is 0 Å². The fraction of sp³-hybridized carbons (Fsp3) is 0.727. The molecule has 0 aliphatic heterocycles. The van der Waals surface area contributed by atoms with Gasteiger partial charge in [-0.1, -0.05) is 31.9 Å². The van der Waals surface area contributed by atoms with Crippen molar-refractivity contribution in [2.45, 2.75) is 39.5 Å². The summed E-state index contributed by atoms with van der Waals surface area (Å²) in [6, 6.07) is 0. The van der Waals surface area contributed by atoms with E-state index in [2.05, 4.69) is 19.1 Å². The smallest absolute Gasteiger partial charge is 0.133 e. The van der Waals surface area contributed by atoms with Gasteiger partial charge in [-0.2, -0.15) is 0 Å². The van der Waals surface area contributed by atoms with Gasteiger partial charge in [0.05, 0.1) is 0 Å². The van der Waals surface area contributed by atoms with E-state index in [4.69, 9.17) is 0 Å². The van der Waals surface area contributed by atoms with E-state index in [9.17, 15) is 4.79 Å². The fourth-order valence-corrected chi connectivity index (χ4v) is 1.49. The zero-order valence-corrected chi connectivity index (χ0v) is 8.05. The second-order valence-electron chi connectivity index (χ2n) is 3.69. The third-order valence-electron chi connectivity index (χ3n) is 2.47. The summed E-state index contributed by atoms with van der Waals surface area (Å²) in [5.41, 5.74) is 0. The summed E-state index contributed by atoms with van der Waals surface area (Å²) in [5, 5.41) is 0. The van der Waals surface area contributed by atoms with Gasteiger partial charge in [-0.05, 0) is 25.7 Å². The summed E-state index contributed by atoms with van der Waals surface area (Å²) in [7, 11) is 0. The molecule has 0 unspecified atom stereocenters. The third kappa shape index (κ3) is 2.80. The van der Waals surface area contributed by atoms with Crippen molar-refractivity contribution in [1.82, 2.24) is 0 Å². The lowest BCUT2D eigenvalue weighted by molar-refractivity contribution is -0.118. The van der Waals surface area contributed by atoms with E-state index in [1.807, 2.05) is 0 Å².